The number of ether oxygens (including phenoxy) is 2. The third kappa shape index (κ3) is 4.03. The van der Waals surface area contributed by atoms with Gasteiger partial charge in [0, 0.05) is 16.7 Å². The molecular weight excluding hydrogens is 307 g/mol. The van der Waals surface area contributed by atoms with Crippen LogP contribution in [0.15, 0.2) is 5.38 Å². The molecule has 0 saturated carbocycles. The van der Waals surface area contributed by atoms with Crippen LogP contribution in [-0.4, -0.2) is 24.3 Å². The third-order valence-corrected chi connectivity index (χ3v) is 3.69. The van der Waals surface area contributed by atoms with Crippen LogP contribution < -0.4 is 10.1 Å². The van der Waals surface area contributed by atoms with Crippen LogP contribution in [0.5, 0.6) is 5.75 Å². The van der Waals surface area contributed by atoms with E-state index in [1.807, 2.05) is 0 Å². The van der Waals surface area contributed by atoms with E-state index in [1.165, 1.54) is 0 Å². The minimum absolute atomic E-state index is 0.00788. The number of nitrogens with one attached hydrogen (secondary N) is 1. The van der Waals surface area contributed by atoms with Crippen LogP contribution in [0.1, 0.15) is 31.2 Å². The number of amides is 1. The SMILES string of the molecule is CC(C)(C)OC(=O)NC1COc2c(C(F)(F)F)csc2C1. The number of thiophene rings is 1. The molecule has 2 rings (SSSR count). The van der Waals surface area contributed by atoms with E-state index in [4.69, 9.17) is 9.47 Å². The van der Waals surface area contributed by atoms with E-state index >= 15 is 0 Å². The second-order valence-electron chi connectivity index (χ2n) is 5.76. The first-order valence-corrected chi connectivity index (χ1v) is 7.24. The Bertz CT molecular complexity index is 534. The highest BCUT2D eigenvalue weighted by Crippen LogP contribution is 2.43. The summed E-state index contributed by atoms with van der Waals surface area (Å²) in [5.41, 5.74) is -1.38. The molecule has 1 N–H and O–H groups in total. The van der Waals surface area contributed by atoms with Crippen molar-refractivity contribution >= 4 is 17.4 Å². The van der Waals surface area contributed by atoms with Crippen LogP contribution >= 0.6 is 11.3 Å². The Labute approximate surface area is 124 Å². The topological polar surface area (TPSA) is 47.6 Å². The van der Waals surface area contributed by atoms with Gasteiger partial charge in [-0.25, -0.2) is 4.79 Å². The van der Waals surface area contributed by atoms with E-state index in [0.29, 0.717) is 11.3 Å². The first-order chi connectivity index (χ1) is 9.56. The van der Waals surface area contributed by atoms with Gasteiger partial charge in [0.2, 0.25) is 0 Å². The number of carbonyl (C=O) groups excluding carboxylic acids is 1. The first-order valence-electron chi connectivity index (χ1n) is 6.36. The molecule has 1 amide bonds. The summed E-state index contributed by atoms with van der Waals surface area (Å²) in [4.78, 5) is 12.1. The van der Waals surface area contributed by atoms with Crippen molar-refractivity contribution in [2.45, 2.75) is 45.0 Å². The summed E-state index contributed by atoms with van der Waals surface area (Å²) in [6.45, 7) is 5.19. The molecule has 0 fully saturated rings. The highest BCUT2D eigenvalue weighted by Gasteiger charge is 2.39. The molecule has 118 valence electrons. The molecule has 1 aliphatic rings. The molecule has 0 radical (unpaired) electrons. The number of rotatable bonds is 1. The Hall–Kier alpha value is -1.44. The van der Waals surface area contributed by atoms with Gasteiger partial charge in [-0.05, 0) is 20.8 Å². The number of alkyl carbamates (subject to hydrolysis) is 1. The maximum Gasteiger partial charge on any atom is 0.420 e. The van der Waals surface area contributed by atoms with E-state index < -0.39 is 29.5 Å². The van der Waals surface area contributed by atoms with Crippen molar-refractivity contribution in [1.82, 2.24) is 5.32 Å². The second-order valence-corrected chi connectivity index (χ2v) is 6.72. The van der Waals surface area contributed by atoms with Crippen LogP contribution in [0.25, 0.3) is 0 Å². The summed E-state index contributed by atoms with van der Waals surface area (Å²) in [6, 6.07) is -0.396. The van der Waals surface area contributed by atoms with E-state index in [1.54, 1.807) is 20.8 Å². The van der Waals surface area contributed by atoms with Crippen LogP contribution in [0.2, 0.25) is 0 Å². The molecule has 0 bridgehead atoms. The van der Waals surface area contributed by atoms with Gasteiger partial charge in [0.1, 0.15) is 23.5 Å². The quantitative estimate of drug-likeness (QED) is 0.859. The predicted octanol–water partition coefficient (Wildman–Crippen LogP) is 3.60. The lowest BCUT2D eigenvalue weighted by atomic mass is 10.1. The Kier molecular flexibility index (Phi) is 4.10. The molecule has 1 aliphatic heterocycles. The van der Waals surface area contributed by atoms with E-state index in [9.17, 15) is 18.0 Å². The van der Waals surface area contributed by atoms with Gasteiger partial charge in [0.15, 0.2) is 0 Å². The van der Waals surface area contributed by atoms with Crippen LogP contribution in [0.3, 0.4) is 0 Å². The maximum atomic E-state index is 12.7. The normalized spacial score (nSPS) is 18.7. The average Bonchev–Trinajstić information content (AvgIpc) is 2.68. The van der Waals surface area contributed by atoms with Crippen molar-refractivity contribution < 1.29 is 27.4 Å². The fourth-order valence-electron chi connectivity index (χ4n) is 1.92. The van der Waals surface area contributed by atoms with Gasteiger partial charge < -0.3 is 14.8 Å². The molecule has 8 heteroatoms. The highest BCUT2D eigenvalue weighted by atomic mass is 32.1. The molecule has 0 spiro atoms. The van der Waals surface area contributed by atoms with Gasteiger partial charge in [-0.1, -0.05) is 0 Å². The van der Waals surface area contributed by atoms with Crippen LogP contribution in [0.4, 0.5) is 18.0 Å². The molecule has 4 nitrogen and oxygen atoms in total. The fraction of sp³-hybridized carbons (Fsp3) is 0.615. The van der Waals surface area contributed by atoms with E-state index in [-0.39, 0.29) is 12.4 Å². The van der Waals surface area contributed by atoms with Gasteiger partial charge in [0.25, 0.3) is 0 Å². The van der Waals surface area contributed by atoms with E-state index in [2.05, 4.69) is 5.32 Å². The Morgan fingerprint density at radius 2 is 2.10 bits per heavy atom. The van der Waals surface area contributed by atoms with E-state index in [0.717, 1.165) is 16.7 Å². The van der Waals surface area contributed by atoms with Crippen molar-refractivity contribution in [3.05, 3.63) is 15.8 Å². The smallest absolute Gasteiger partial charge is 0.420 e. The molecule has 2 heterocycles. The minimum atomic E-state index is -4.42. The number of hydrogen-bond acceptors (Lipinski definition) is 4. The number of hydrogen-bond donors (Lipinski definition) is 1. The number of fused-ring (bicyclic) bond motifs is 1. The molecular formula is C13H16F3NO3S. The molecule has 1 aromatic heterocycles. The fourth-order valence-corrected chi connectivity index (χ4v) is 2.99. The zero-order valence-corrected chi connectivity index (χ0v) is 12.7. The Balaban J connectivity index is 2.01. The number of halogens is 3. The summed E-state index contributed by atoms with van der Waals surface area (Å²) in [6.07, 6.45) is -4.72. The second kappa shape index (κ2) is 5.40. The lowest BCUT2D eigenvalue weighted by Gasteiger charge is -2.26. The van der Waals surface area contributed by atoms with Crippen LogP contribution in [0, 0.1) is 0 Å². The lowest BCUT2D eigenvalue weighted by molar-refractivity contribution is -0.138. The largest absolute Gasteiger partial charge is 0.490 e. The summed E-state index contributed by atoms with van der Waals surface area (Å²) in [7, 11) is 0. The van der Waals surface area contributed by atoms with Gasteiger partial charge in [-0.3, -0.25) is 0 Å². The summed E-state index contributed by atoms with van der Waals surface area (Å²) >= 11 is 0.986. The lowest BCUT2D eigenvalue weighted by Crippen LogP contribution is -2.44. The van der Waals surface area contributed by atoms with Gasteiger partial charge in [0.05, 0.1) is 6.04 Å². The number of carbonyl (C=O) groups is 1. The molecule has 21 heavy (non-hydrogen) atoms. The Morgan fingerprint density at radius 1 is 1.43 bits per heavy atom. The molecule has 0 aliphatic carbocycles. The average molecular weight is 323 g/mol. The highest BCUT2D eigenvalue weighted by molar-refractivity contribution is 7.10. The van der Waals surface area contributed by atoms with Crippen molar-refractivity contribution in [2.75, 3.05) is 6.61 Å². The monoisotopic (exact) mass is 323 g/mol. The molecule has 0 saturated heterocycles. The molecule has 1 unspecified atom stereocenters. The third-order valence-electron chi connectivity index (χ3n) is 2.70. The number of alkyl halides is 3. The van der Waals surface area contributed by atoms with Gasteiger partial charge in [-0.15, -0.1) is 11.3 Å². The van der Waals surface area contributed by atoms with Gasteiger partial charge >= 0.3 is 12.3 Å². The molecule has 1 aromatic rings. The van der Waals surface area contributed by atoms with Gasteiger partial charge in [-0.2, -0.15) is 13.2 Å². The predicted molar refractivity (Wildman–Crippen MR) is 71.7 cm³/mol. The van der Waals surface area contributed by atoms with Crippen molar-refractivity contribution in [3.63, 3.8) is 0 Å². The van der Waals surface area contributed by atoms with Crippen LogP contribution in [-0.2, 0) is 17.3 Å². The maximum absolute atomic E-state index is 12.7. The minimum Gasteiger partial charge on any atom is -0.490 e. The van der Waals surface area contributed by atoms with Crippen molar-refractivity contribution in [2.24, 2.45) is 0 Å². The zero-order valence-electron chi connectivity index (χ0n) is 11.8. The molecule has 0 aromatic carbocycles. The van der Waals surface area contributed by atoms with Crippen molar-refractivity contribution in [3.8, 4) is 5.75 Å². The first kappa shape index (κ1) is 15.9. The summed E-state index contributed by atoms with van der Waals surface area (Å²) < 4.78 is 48.5. The summed E-state index contributed by atoms with van der Waals surface area (Å²) in [5.74, 6) is -0.116. The summed E-state index contributed by atoms with van der Waals surface area (Å²) in [5, 5.41) is 3.65. The molecule has 1 atom stereocenters. The standard InChI is InChI=1S/C13H16F3NO3S/c1-12(2,3)20-11(18)17-7-4-9-10(19-5-7)8(6-21-9)13(14,15)16/h6-7H,4-5H2,1-3H3,(H,17,18). The zero-order chi connectivity index (χ0) is 15.8. The Morgan fingerprint density at radius 3 is 2.67 bits per heavy atom. The van der Waals surface area contributed by atoms with Crippen molar-refractivity contribution in [1.29, 1.82) is 0 Å².